The summed E-state index contributed by atoms with van der Waals surface area (Å²) in [7, 11) is 0. The van der Waals surface area contributed by atoms with Gasteiger partial charge in [-0.05, 0) is 36.8 Å². The summed E-state index contributed by atoms with van der Waals surface area (Å²) >= 11 is 1.31. The number of nitrogen functional groups attached to an aromatic ring is 1. The maximum Gasteiger partial charge on any atom is 0.274 e. The van der Waals surface area contributed by atoms with Gasteiger partial charge in [-0.3, -0.25) is 14.9 Å². The Labute approximate surface area is 120 Å². The van der Waals surface area contributed by atoms with Crippen LogP contribution in [-0.2, 0) is 4.79 Å². The molecule has 1 heterocycles. The number of hydrogen-bond donors (Lipinski definition) is 3. The Morgan fingerprint density at radius 1 is 1.35 bits per heavy atom. The Morgan fingerprint density at radius 3 is 2.85 bits per heavy atom. The summed E-state index contributed by atoms with van der Waals surface area (Å²) in [6, 6.07) is 8.93. The molecule has 0 fully saturated rings. The first-order valence-corrected chi connectivity index (χ1v) is 7.01. The van der Waals surface area contributed by atoms with Gasteiger partial charge in [0.15, 0.2) is 0 Å². The zero-order valence-corrected chi connectivity index (χ0v) is 11.8. The molecule has 0 bridgehead atoms. The number of hydrogen-bond acceptors (Lipinski definition) is 4. The average Bonchev–Trinajstić information content (AvgIpc) is 2.94. The van der Waals surface area contributed by atoms with E-state index in [1.807, 2.05) is 19.1 Å². The van der Waals surface area contributed by atoms with Gasteiger partial charge in [-0.1, -0.05) is 6.07 Å². The smallest absolute Gasteiger partial charge is 0.274 e. The Balaban J connectivity index is 1.89. The van der Waals surface area contributed by atoms with Crippen molar-refractivity contribution >= 4 is 29.3 Å². The van der Waals surface area contributed by atoms with Gasteiger partial charge in [0, 0.05) is 16.8 Å². The van der Waals surface area contributed by atoms with E-state index in [2.05, 4.69) is 10.3 Å². The van der Waals surface area contributed by atoms with Crippen LogP contribution < -0.4 is 11.1 Å². The number of nitrogens with two attached hydrogens (primary N) is 1. The standard InChI is InChI=1S/C14H15N3O2S/c1-9-4-5-10(15)12(7-9)20-8-13(18)17-14(19)11-3-2-6-16-11/h2-7,16H,8,15H2,1H3,(H,17,18,19). The Kier molecular flexibility index (Phi) is 4.47. The molecule has 4 N–H and O–H groups in total. The molecule has 0 spiro atoms. The number of aromatic nitrogens is 1. The molecule has 2 rings (SSSR count). The maximum atomic E-state index is 11.7. The second-order valence-corrected chi connectivity index (χ2v) is 5.31. The first-order valence-electron chi connectivity index (χ1n) is 6.03. The third kappa shape index (κ3) is 3.64. The number of imide groups is 1. The summed E-state index contributed by atoms with van der Waals surface area (Å²) in [5, 5.41) is 2.32. The van der Waals surface area contributed by atoms with Crippen molar-refractivity contribution in [2.75, 3.05) is 11.5 Å². The molecule has 2 aromatic rings. The van der Waals surface area contributed by atoms with Crippen LogP contribution in [0, 0.1) is 6.92 Å². The molecular weight excluding hydrogens is 274 g/mol. The lowest BCUT2D eigenvalue weighted by atomic mass is 10.2. The average molecular weight is 289 g/mol. The minimum Gasteiger partial charge on any atom is -0.398 e. The number of aryl methyl sites for hydroxylation is 1. The van der Waals surface area contributed by atoms with Crippen LogP contribution in [0.15, 0.2) is 41.4 Å². The van der Waals surface area contributed by atoms with E-state index >= 15 is 0 Å². The van der Waals surface area contributed by atoms with Gasteiger partial charge >= 0.3 is 0 Å². The number of thioether (sulfide) groups is 1. The van der Waals surface area contributed by atoms with Crippen LogP contribution in [0.1, 0.15) is 16.1 Å². The van der Waals surface area contributed by atoms with Gasteiger partial charge in [0.05, 0.1) is 5.75 Å². The van der Waals surface area contributed by atoms with Crippen molar-refractivity contribution in [2.24, 2.45) is 0 Å². The molecule has 0 radical (unpaired) electrons. The molecular formula is C14H15N3O2S. The van der Waals surface area contributed by atoms with Gasteiger partial charge in [-0.2, -0.15) is 0 Å². The molecule has 0 aliphatic heterocycles. The molecule has 1 aromatic carbocycles. The number of nitrogens with one attached hydrogen (secondary N) is 2. The highest BCUT2D eigenvalue weighted by Crippen LogP contribution is 2.25. The van der Waals surface area contributed by atoms with Crippen LogP contribution in [0.3, 0.4) is 0 Å². The lowest BCUT2D eigenvalue weighted by molar-refractivity contribution is -0.117. The molecule has 1 aromatic heterocycles. The monoisotopic (exact) mass is 289 g/mol. The summed E-state index contributed by atoms with van der Waals surface area (Å²) in [5.41, 5.74) is 7.89. The zero-order valence-electron chi connectivity index (χ0n) is 11.0. The zero-order chi connectivity index (χ0) is 14.5. The number of rotatable bonds is 4. The highest BCUT2D eigenvalue weighted by molar-refractivity contribution is 8.00. The van der Waals surface area contributed by atoms with E-state index in [9.17, 15) is 9.59 Å². The summed E-state index contributed by atoms with van der Waals surface area (Å²) < 4.78 is 0. The van der Waals surface area contributed by atoms with E-state index < -0.39 is 5.91 Å². The minimum absolute atomic E-state index is 0.139. The molecule has 6 heteroatoms. The largest absolute Gasteiger partial charge is 0.398 e. The van der Waals surface area contributed by atoms with Crippen molar-refractivity contribution in [1.82, 2.24) is 10.3 Å². The van der Waals surface area contributed by atoms with Crippen LogP contribution in [0.4, 0.5) is 5.69 Å². The lowest BCUT2D eigenvalue weighted by Gasteiger charge is -2.06. The fourth-order valence-electron chi connectivity index (χ4n) is 1.61. The van der Waals surface area contributed by atoms with Gasteiger partial charge in [0.2, 0.25) is 5.91 Å². The first-order chi connectivity index (χ1) is 9.56. The van der Waals surface area contributed by atoms with Gasteiger partial charge in [0.1, 0.15) is 5.69 Å². The van der Waals surface area contributed by atoms with Crippen LogP contribution in [-0.4, -0.2) is 22.6 Å². The van der Waals surface area contributed by atoms with E-state index in [4.69, 9.17) is 5.73 Å². The molecule has 0 aliphatic rings. The van der Waals surface area contributed by atoms with Crippen molar-refractivity contribution in [3.8, 4) is 0 Å². The van der Waals surface area contributed by atoms with Crippen LogP contribution in [0.5, 0.6) is 0 Å². The van der Waals surface area contributed by atoms with Crippen molar-refractivity contribution < 1.29 is 9.59 Å². The first kappa shape index (κ1) is 14.2. The number of benzene rings is 1. The third-order valence-electron chi connectivity index (χ3n) is 2.62. The molecule has 5 nitrogen and oxygen atoms in total. The highest BCUT2D eigenvalue weighted by atomic mass is 32.2. The van der Waals surface area contributed by atoms with Crippen LogP contribution >= 0.6 is 11.8 Å². The second kappa shape index (κ2) is 6.29. The van der Waals surface area contributed by atoms with E-state index in [-0.39, 0.29) is 11.7 Å². The number of carbonyl (C=O) groups excluding carboxylic acids is 2. The Morgan fingerprint density at radius 2 is 2.15 bits per heavy atom. The summed E-state index contributed by atoms with van der Waals surface area (Å²) in [5.74, 6) is -0.645. The molecule has 0 saturated heterocycles. The van der Waals surface area contributed by atoms with E-state index in [0.29, 0.717) is 11.4 Å². The van der Waals surface area contributed by atoms with Crippen molar-refractivity contribution in [3.63, 3.8) is 0 Å². The predicted molar refractivity (Wildman–Crippen MR) is 79.6 cm³/mol. The fraction of sp³-hybridized carbons (Fsp3) is 0.143. The minimum atomic E-state index is -0.433. The van der Waals surface area contributed by atoms with E-state index in [1.165, 1.54) is 11.8 Å². The maximum absolute atomic E-state index is 11.7. The summed E-state index contributed by atoms with van der Waals surface area (Å²) in [6.45, 7) is 1.96. The molecule has 2 amide bonds. The normalized spacial score (nSPS) is 10.2. The molecule has 0 unspecified atom stereocenters. The van der Waals surface area contributed by atoms with Gasteiger partial charge in [-0.25, -0.2) is 0 Å². The van der Waals surface area contributed by atoms with Crippen molar-refractivity contribution in [3.05, 3.63) is 47.8 Å². The number of amides is 2. The van der Waals surface area contributed by atoms with Gasteiger partial charge in [-0.15, -0.1) is 11.8 Å². The number of H-pyrrole nitrogens is 1. The number of aromatic amines is 1. The topological polar surface area (TPSA) is 88.0 Å². The molecule has 0 aliphatic carbocycles. The number of anilines is 1. The molecule has 20 heavy (non-hydrogen) atoms. The Bertz CT molecular complexity index is 623. The van der Waals surface area contributed by atoms with Crippen molar-refractivity contribution in [1.29, 1.82) is 0 Å². The predicted octanol–water partition coefficient (Wildman–Crippen LogP) is 1.95. The van der Waals surface area contributed by atoms with Gasteiger partial charge < -0.3 is 10.7 Å². The quantitative estimate of drug-likeness (QED) is 0.593. The molecule has 0 saturated carbocycles. The molecule has 0 atom stereocenters. The molecule has 104 valence electrons. The van der Waals surface area contributed by atoms with Crippen LogP contribution in [0.25, 0.3) is 0 Å². The number of carbonyl (C=O) groups is 2. The van der Waals surface area contributed by atoms with E-state index in [1.54, 1.807) is 24.4 Å². The fourth-order valence-corrected chi connectivity index (χ4v) is 2.47. The van der Waals surface area contributed by atoms with Gasteiger partial charge in [0.25, 0.3) is 5.91 Å². The van der Waals surface area contributed by atoms with Crippen molar-refractivity contribution in [2.45, 2.75) is 11.8 Å². The Hall–Kier alpha value is -2.21. The SMILES string of the molecule is Cc1ccc(N)c(SCC(=O)NC(=O)c2ccc[nH]2)c1. The van der Waals surface area contributed by atoms with Crippen LogP contribution in [0.2, 0.25) is 0 Å². The summed E-state index contributed by atoms with van der Waals surface area (Å²) in [4.78, 5) is 26.9. The second-order valence-electron chi connectivity index (χ2n) is 4.29. The highest BCUT2D eigenvalue weighted by Gasteiger charge is 2.11. The summed E-state index contributed by atoms with van der Waals surface area (Å²) in [6.07, 6.45) is 1.63. The third-order valence-corrected chi connectivity index (χ3v) is 3.69. The lowest BCUT2D eigenvalue weighted by Crippen LogP contribution is -2.32. The van der Waals surface area contributed by atoms with E-state index in [0.717, 1.165) is 10.5 Å².